The molecule has 2 N–H and O–H groups in total. The molecule has 0 bridgehead atoms. The lowest BCUT2D eigenvalue weighted by Crippen LogP contribution is -2.34. The van der Waals surface area contributed by atoms with Crippen molar-refractivity contribution in [3.63, 3.8) is 0 Å². The lowest BCUT2D eigenvalue weighted by molar-refractivity contribution is 0.0977. The normalized spacial score (nSPS) is 10.1. The van der Waals surface area contributed by atoms with Gasteiger partial charge >= 0.3 is 0 Å². The highest BCUT2D eigenvalue weighted by atomic mass is 32.1. The summed E-state index contributed by atoms with van der Waals surface area (Å²) in [6.07, 6.45) is 0. The first kappa shape index (κ1) is 18.8. The highest BCUT2D eigenvalue weighted by Gasteiger charge is 2.11. The summed E-state index contributed by atoms with van der Waals surface area (Å²) in [6, 6.07) is 14.4. The molecule has 0 spiro atoms. The molecule has 6 nitrogen and oxygen atoms in total. The third-order valence-corrected chi connectivity index (χ3v) is 4.63. The van der Waals surface area contributed by atoms with E-state index in [-0.39, 0.29) is 11.0 Å². The fourth-order valence-electron chi connectivity index (χ4n) is 2.35. The summed E-state index contributed by atoms with van der Waals surface area (Å²) >= 11 is 6.58. The second-order valence-electron chi connectivity index (χ2n) is 5.38. The third kappa shape index (κ3) is 4.60. The van der Waals surface area contributed by atoms with Crippen molar-refractivity contribution < 1.29 is 14.3 Å². The van der Waals surface area contributed by atoms with Crippen molar-refractivity contribution >= 4 is 39.7 Å². The average molecular weight is 399 g/mol. The van der Waals surface area contributed by atoms with Gasteiger partial charge in [0.2, 0.25) is 0 Å². The second kappa shape index (κ2) is 8.61. The Morgan fingerprint density at radius 2 is 1.81 bits per heavy atom. The van der Waals surface area contributed by atoms with Gasteiger partial charge < -0.3 is 14.8 Å². The van der Waals surface area contributed by atoms with E-state index in [1.165, 1.54) is 11.3 Å². The monoisotopic (exact) mass is 399 g/mol. The topological polar surface area (TPSA) is 72.5 Å². The predicted octanol–water partition coefficient (Wildman–Crippen LogP) is 3.95. The van der Waals surface area contributed by atoms with Crippen molar-refractivity contribution in [2.75, 3.05) is 19.5 Å². The minimum absolute atomic E-state index is 0.192. The standard InChI is InChI=1S/C19H17N3O3S2/c1-24-15-9-8-13(10-16(15)25-2)14-11-27-19(20-14)22-18(26)21-17(23)12-6-4-3-5-7-12/h3-11H,1-2H3,(H2,20,21,22,23,26). The zero-order valence-corrected chi connectivity index (χ0v) is 16.3. The maximum atomic E-state index is 12.1. The maximum absolute atomic E-state index is 12.1. The average Bonchev–Trinajstić information content (AvgIpc) is 3.16. The van der Waals surface area contributed by atoms with Crippen LogP contribution in [-0.4, -0.2) is 30.2 Å². The van der Waals surface area contributed by atoms with Crippen LogP contribution in [0, 0.1) is 0 Å². The molecule has 0 saturated carbocycles. The predicted molar refractivity (Wildman–Crippen MR) is 111 cm³/mol. The summed E-state index contributed by atoms with van der Waals surface area (Å²) in [5, 5.41) is 8.24. The third-order valence-electron chi connectivity index (χ3n) is 3.67. The van der Waals surface area contributed by atoms with Crippen LogP contribution in [0.2, 0.25) is 0 Å². The minimum atomic E-state index is -0.273. The number of thiazole rings is 1. The van der Waals surface area contributed by atoms with Crippen molar-refractivity contribution in [2.45, 2.75) is 0 Å². The largest absolute Gasteiger partial charge is 0.493 e. The molecule has 0 radical (unpaired) electrons. The van der Waals surface area contributed by atoms with Crippen LogP contribution in [0.25, 0.3) is 11.3 Å². The number of benzene rings is 2. The van der Waals surface area contributed by atoms with Crippen molar-refractivity contribution in [2.24, 2.45) is 0 Å². The molecule has 3 rings (SSSR count). The van der Waals surface area contributed by atoms with Crippen LogP contribution in [-0.2, 0) is 0 Å². The van der Waals surface area contributed by atoms with Crippen molar-refractivity contribution in [1.82, 2.24) is 10.3 Å². The van der Waals surface area contributed by atoms with Crippen LogP contribution in [0.15, 0.2) is 53.9 Å². The first-order chi connectivity index (χ1) is 13.1. The smallest absolute Gasteiger partial charge is 0.257 e. The van der Waals surface area contributed by atoms with Crippen LogP contribution in [0.4, 0.5) is 5.13 Å². The molecule has 0 aliphatic rings. The van der Waals surface area contributed by atoms with Crippen LogP contribution in [0.3, 0.4) is 0 Å². The number of carbonyl (C=O) groups is 1. The molecule has 138 valence electrons. The molecule has 0 fully saturated rings. The van der Waals surface area contributed by atoms with Crippen molar-refractivity contribution in [3.05, 3.63) is 59.5 Å². The molecule has 0 unspecified atom stereocenters. The van der Waals surface area contributed by atoms with Crippen LogP contribution < -0.4 is 20.1 Å². The minimum Gasteiger partial charge on any atom is -0.493 e. The molecular formula is C19H17N3O3S2. The summed E-state index contributed by atoms with van der Waals surface area (Å²) in [5.74, 6) is 1.01. The van der Waals surface area contributed by atoms with Gasteiger partial charge in [-0.3, -0.25) is 10.1 Å². The molecule has 3 aromatic rings. The molecule has 2 aromatic carbocycles. The van der Waals surface area contributed by atoms with Crippen LogP contribution in [0.1, 0.15) is 10.4 Å². The maximum Gasteiger partial charge on any atom is 0.257 e. The number of carbonyl (C=O) groups excluding carboxylic acids is 1. The van der Waals surface area contributed by atoms with Gasteiger partial charge in [0, 0.05) is 16.5 Å². The summed E-state index contributed by atoms with van der Waals surface area (Å²) in [4.78, 5) is 16.6. The SMILES string of the molecule is COc1ccc(-c2csc(NC(=S)NC(=O)c3ccccc3)n2)cc1OC. The molecule has 0 saturated heterocycles. The quantitative estimate of drug-likeness (QED) is 0.633. The number of nitrogens with zero attached hydrogens (tertiary/aromatic N) is 1. The number of amides is 1. The number of aromatic nitrogens is 1. The van der Waals surface area contributed by atoms with E-state index in [0.717, 1.165) is 11.3 Å². The zero-order chi connectivity index (χ0) is 19.2. The van der Waals surface area contributed by atoms with Crippen LogP contribution in [0.5, 0.6) is 11.5 Å². The zero-order valence-electron chi connectivity index (χ0n) is 14.7. The van der Waals surface area contributed by atoms with Gasteiger partial charge in [-0.2, -0.15) is 0 Å². The molecular weight excluding hydrogens is 382 g/mol. The van der Waals surface area contributed by atoms with Crippen molar-refractivity contribution in [1.29, 1.82) is 0 Å². The number of thiocarbonyl (C=S) groups is 1. The van der Waals surface area contributed by atoms with E-state index in [1.54, 1.807) is 38.5 Å². The lowest BCUT2D eigenvalue weighted by Gasteiger charge is -2.08. The first-order valence-corrected chi connectivity index (χ1v) is 9.25. The summed E-state index contributed by atoms with van der Waals surface area (Å²) in [7, 11) is 3.18. The molecule has 27 heavy (non-hydrogen) atoms. The highest BCUT2D eigenvalue weighted by molar-refractivity contribution is 7.80. The molecule has 0 atom stereocenters. The fraction of sp³-hybridized carbons (Fsp3) is 0.105. The van der Waals surface area contributed by atoms with E-state index in [1.807, 2.05) is 29.6 Å². The van der Waals surface area contributed by atoms with Gasteiger partial charge in [-0.1, -0.05) is 18.2 Å². The highest BCUT2D eigenvalue weighted by Crippen LogP contribution is 2.33. The first-order valence-electron chi connectivity index (χ1n) is 7.96. The number of nitrogens with one attached hydrogen (secondary N) is 2. The second-order valence-corrected chi connectivity index (χ2v) is 6.65. The van der Waals surface area contributed by atoms with Gasteiger partial charge in [-0.05, 0) is 42.5 Å². The Morgan fingerprint density at radius 1 is 1.07 bits per heavy atom. The molecule has 1 amide bonds. The van der Waals surface area contributed by atoms with Gasteiger partial charge in [0.25, 0.3) is 5.91 Å². The summed E-state index contributed by atoms with van der Waals surface area (Å²) in [6.45, 7) is 0. The van der Waals surface area contributed by atoms with E-state index < -0.39 is 0 Å². The number of hydrogen-bond acceptors (Lipinski definition) is 6. The van der Waals surface area contributed by atoms with Gasteiger partial charge in [0.05, 0.1) is 19.9 Å². The Balaban J connectivity index is 1.67. The van der Waals surface area contributed by atoms with Crippen LogP contribution >= 0.6 is 23.6 Å². The van der Waals surface area contributed by atoms with E-state index in [4.69, 9.17) is 21.7 Å². The Labute approximate surface area is 166 Å². The van der Waals surface area contributed by atoms with Gasteiger partial charge in [0.15, 0.2) is 21.7 Å². The number of ether oxygens (including phenoxy) is 2. The Hall–Kier alpha value is -2.97. The lowest BCUT2D eigenvalue weighted by atomic mass is 10.1. The van der Waals surface area contributed by atoms with Crippen molar-refractivity contribution in [3.8, 4) is 22.8 Å². The van der Waals surface area contributed by atoms with E-state index >= 15 is 0 Å². The Kier molecular flexibility index (Phi) is 6.00. The molecule has 1 heterocycles. The number of rotatable bonds is 5. The molecule has 8 heteroatoms. The Morgan fingerprint density at radius 3 is 2.52 bits per heavy atom. The summed E-state index contributed by atoms with van der Waals surface area (Å²) < 4.78 is 10.6. The molecule has 0 aliphatic carbocycles. The molecule has 0 aliphatic heterocycles. The fourth-order valence-corrected chi connectivity index (χ4v) is 3.33. The number of methoxy groups -OCH3 is 2. The summed E-state index contributed by atoms with van der Waals surface area (Å²) in [5.41, 5.74) is 2.18. The van der Waals surface area contributed by atoms with Gasteiger partial charge in [0.1, 0.15) is 0 Å². The number of anilines is 1. The van der Waals surface area contributed by atoms with Gasteiger partial charge in [-0.15, -0.1) is 11.3 Å². The van der Waals surface area contributed by atoms with E-state index in [2.05, 4.69) is 15.6 Å². The van der Waals surface area contributed by atoms with E-state index in [0.29, 0.717) is 22.2 Å². The Bertz CT molecular complexity index is 958. The molecule has 1 aromatic heterocycles. The van der Waals surface area contributed by atoms with Gasteiger partial charge in [-0.25, -0.2) is 4.98 Å². The number of hydrogen-bond donors (Lipinski definition) is 2. The van der Waals surface area contributed by atoms with E-state index in [9.17, 15) is 4.79 Å².